The summed E-state index contributed by atoms with van der Waals surface area (Å²) in [6.45, 7) is 7.64. The highest BCUT2D eigenvalue weighted by atomic mass is 16.4. The molecule has 7 nitrogen and oxygen atoms in total. The Bertz CT molecular complexity index is 417. The number of primary amides is 1. The Hall–Kier alpha value is -1.79. The SMILES string of the molecule is CC(C)(C)C1CCN(C(=O)N[C@@H](CCC(N)=O)C(=O)O)C1. The number of amides is 3. The van der Waals surface area contributed by atoms with Gasteiger partial charge in [-0.1, -0.05) is 20.8 Å². The van der Waals surface area contributed by atoms with E-state index in [1.54, 1.807) is 4.90 Å². The van der Waals surface area contributed by atoms with Crippen LogP contribution in [0.25, 0.3) is 0 Å². The zero-order chi connectivity index (χ0) is 16.2. The van der Waals surface area contributed by atoms with E-state index in [0.717, 1.165) is 6.42 Å². The van der Waals surface area contributed by atoms with E-state index in [1.165, 1.54) is 0 Å². The molecule has 1 fully saturated rings. The number of likely N-dealkylation sites (tertiary alicyclic amines) is 1. The molecule has 7 heteroatoms. The summed E-state index contributed by atoms with van der Waals surface area (Å²) in [4.78, 5) is 35.6. The van der Waals surface area contributed by atoms with Crippen LogP contribution >= 0.6 is 0 Å². The van der Waals surface area contributed by atoms with Gasteiger partial charge in [0.05, 0.1) is 0 Å². The van der Waals surface area contributed by atoms with Crippen LogP contribution in [-0.2, 0) is 9.59 Å². The van der Waals surface area contributed by atoms with Crippen LogP contribution in [-0.4, -0.2) is 47.0 Å². The van der Waals surface area contributed by atoms with E-state index in [4.69, 9.17) is 10.8 Å². The Morgan fingerprint density at radius 1 is 1.38 bits per heavy atom. The summed E-state index contributed by atoms with van der Waals surface area (Å²) in [5.41, 5.74) is 5.12. The number of hydrogen-bond donors (Lipinski definition) is 3. The second kappa shape index (κ2) is 6.78. The van der Waals surface area contributed by atoms with Gasteiger partial charge in [0.1, 0.15) is 6.04 Å². The lowest BCUT2D eigenvalue weighted by molar-refractivity contribution is -0.139. The molecule has 1 heterocycles. The van der Waals surface area contributed by atoms with Gasteiger partial charge in [-0.15, -0.1) is 0 Å². The molecular weight excluding hydrogens is 274 g/mol. The lowest BCUT2D eigenvalue weighted by atomic mass is 9.80. The van der Waals surface area contributed by atoms with Crippen LogP contribution in [0, 0.1) is 11.3 Å². The standard InChI is InChI=1S/C14H25N3O4/c1-14(2,3)9-6-7-17(8-9)13(21)16-10(12(19)20)4-5-11(15)18/h9-10H,4-8H2,1-3H3,(H2,15,18)(H,16,21)(H,19,20)/t9?,10-/m0/s1. The first-order chi connectivity index (χ1) is 9.61. The molecule has 0 aromatic carbocycles. The van der Waals surface area contributed by atoms with Crippen LogP contribution in [0.15, 0.2) is 0 Å². The molecule has 0 spiro atoms. The average molecular weight is 299 g/mol. The van der Waals surface area contributed by atoms with Gasteiger partial charge in [0, 0.05) is 19.5 Å². The molecule has 0 aromatic heterocycles. The van der Waals surface area contributed by atoms with Crippen LogP contribution < -0.4 is 11.1 Å². The normalized spacial score (nSPS) is 20.1. The first kappa shape index (κ1) is 17.3. The van der Waals surface area contributed by atoms with Crippen molar-refractivity contribution in [3.63, 3.8) is 0 Å². The smallest absolute Gasteiger partial charge is 0.326 e. The zero-order valence-corrected chi connectivity index (χ0v) is 12.9. The fourth-order valence-electron chi connectivity index (χ4n) is 2.44. The maximum absolute atomic E-state index is 12.1. The molecule has 1 aliphatic rings. The van der Waals surface area contributed by atoms with Crippen molar-refractivity contribution < 1.29 is 19.5 Å². The molecule has 3 amide bonds. The van der Waals surface area contributed by atoms with Crippen molar-refractivity contribution in [2.24, 2.45) is 17.1 Å². The van der Waals surface area contributed by atoms with Crippen molar-refractivity contribution in [3.8, 4) is 0 Å². The zero-order valence-electron chi connectivity index (χ0n) is 12.9. The largest absolute Gasteiger partial charge is 0.480 e. The van der Waals surface area contributed by atoms with Gasteiger partial charge in [0.2, 0.25) is 5.91 Å². The van der Waals surface area contributed by atoms with Crippen molar-refractivity contribution in [2.45, 2.75) is 46.1 Å². The van der Waals surface area contributed by atoms with Crippen molar-refractivity contribution in [1.29, 1.82) is 0 Å². The summed E-state index contributed by atoms with van der Waals surface area (Å²) in [5.74, 6) is -1.34. The monoisotopic (exact) mass is 299 g/mol. The summed E-state index contributed by atoms with van der Waals surface area (Å²) in [6, 6.07) is -1.47. The van der Waals surface area contributed by atoms with Gasteiger partial charge in [-0.2, -0.15) is 0 Å². The number of carbonyl (C=O) groups is 3. The predicted molar refractivity (Wildman–Crippen MR) is 77.5 cm³/mol. The minimum Gasteiger partial charge on any atom is -0.480 e. The number of carboxylic acids is 1. The van der Waals surface area contributed by atoms with Gasteiger partial charge >= 0.3 is 12.0 Å². The third-order valence-corrected chi connectivity index (χ3v) is 3.98. The molecule has 1 saturated heterocycles. The molecule has 2 atom stereocenters. The van der Waals surface area contributed by atoms with Crippen molar-refractivity contribution in [3.05, 3.63) is 0 Å². The van der Waals surface area contributed by atoms with Crippen LogP contribution in [0.5, 0.6) is 0 Å². The lowest BCUT2D eigenvalue weighted by Crippen LogP contribution is -2.47. The molecule has 1 unspecified atom stereocenters. The number of nitrogens with one attached hydrogen (secondary N) is 1. The number of nitrogens with two attached hydrogens (primary N) is 1. The summed E-state index contributed by atoms with van der Waals surface area (Å²) in [6.07, 6.45) is 0.852. The number of rotatable bonds is 5. The van der Waals surface area contributed by atoms with Crippen molar-refractivity contribution >= 4 is 17.9 Å². The van der Waals surface area contributed by atoms with Crippen LogP contribution in [0.2, 0.25) is 0 Å². The highest BCUT2D eigenvalue weighted by Gasteiger charge is 2.34. The second-order valence-electron chi connectivity index (χ2n) is 6.64. The van der Waals surface area contributed by atoms with E-state index in [0.29, 0.717) is 19.0 Å². The van der Waals surface area contributed by atoms with Crippen molar-refractivity contribution in [1.82, 2.24) is 10.2 Å². The number of nitrogens with zero attached hydrogens (tertiary/aromatic N) is 1. The van der Waals surface area contributed by atoms with Gasteiger partial charge in [0.15, 0.2) is 0 Å². The number of hydrogen-bond acceptors (Lipinski definition) is 3. The van der Waals surface area contributed by atoms with Crippen molar-refractivity contribution in [2.75, 3.05) is 13.1 Å². The molecule has 0 aliphatic carbocycles. The first-order valence-electron chi connectivity index (χ1n) is 7.18. The lowest BCUT2D eigenvalue weighted by Gasteiger charge is -2.27. The molecule has 0 bridgehead atoms. The van der Waals surface area contributed by atoms with E-state index in [-0.39, 0.29) is 18.3 Å². The third-order valence-electron chi connectivity index (χ3n) is 3.98. The minimum absolute atomic E-state index is 0.00689. The van der Waals surface area contributed by atoms with E-state index in [2.05, 4.69) is 26.1 Å². The second-order valence-corrected chi connectivity index (χ2v) is 6.64. The first-order valence-corrected chi connectivity index (χ1v) is 7.18. The molecule has 0 radical (unpaired) electrons. The topological polar surface area (TPSA) is 113 Å². The Morgan fingerprint density at radius 2 is 2.00 bits per heavy atom. The minimum atomic E-state index is -1.16. The molecule has 21 heavy (non-hydrogen) atoms. The molecule has 0 saturated carbocycles. The van der Waals surface area contributed by atoms with Crippen LogP contribution in [0.4, 0.5) is 4.79 Å². The quantitative estimate of drug-likeness (QED) is 0.696. The Morgan fingerprint density at radius 3 is 2.43 bits per heavy atom. The van der Waals surface area contributed by atoms with E-state index in [1.807, 2.05) is 0 Å². The number of urea groups is 1. The molecule has 1 rings (SSSR count). The molecular formula is C14H25N3O4. The summed E-state index contributed by atoms with van der Waals surface area (Å²) < 4.78 is 0. The predicted octanol–water partition coefficient (Wildman–Crippen LogP) is 0.783. The van der Waals surface area contributed by atoms with Gasteiger partial charge in [0.25, 0.3) is 0 Å². The summed E-state index contributed by atoms with van der Waals surface area (Å²) >= 11 is 0. The van der Waals surface area contributed by atoms with Crippen LogP contribution in [0.1, 0.15) is 40.0 Å². The molecule has 4 N–H and O–H groups in total. The molecule has 0 aromatic rings. The number of aliphatic carboxylic acids is 1. The average Bonchev–Trinajstić information content (AvgIpc) is 2.82. The number of carboxylic acid groups (broad SMARTS) is 1. The maximum Gasteiger partial charge on any atom is 0.326 e. The third kappa shape index (κ3) is 5.24. The van der Waals surface area contributed by atoms with Crippen LogP contribution in [0.3, 0.4) is 0 Å². The molecule has 1 aliphatic heterocycles. The van der Waals surface area contributed by atoms with Gasteiger partial charge < -0.3 is 21.1 Å². The van der Waals surface area contributed by atoms with E-state index in [9.17, 15) is 14.4 Å². The highest BCUT2D eigenvalue weighted by molar-refractivity contribution is 5.83. The Balaban J connectivity index is 2.55. The summed E-state index contributed by atoms with van der Waals surface area (Å²) in [5, 5.41) is 11.5. The van der Waals surface area contributed by atoms with E-state index >= 15 is 0 Å². The fourth-order valence-corrected chi connectivity index (χ4v) is 2.44. The molecule has 120 valence electrons. The van der Waals surface area contributed by atoms with E-state index < -0.39 is 23.9 Å². The number of carbonyl (C=O) groups excluding carboxylic acids is 2. The Kier molecular flexibility index (Phi) is 5.57. The fraction of sp³-hybridized carbons (Fsp3) is 0.786. The van der Waals surface area contributed by atoms with Gasteiger partial charge in [-0.25, -0.2) is 9.59 Å². The van der Waals surface area contributed by atoms with Gasteiger partial charge in [-0.05, 0) is 24.2 Å². The highest BCUT2D eigenvalue weighted by Crippen LogP contribution is 2.33. The summed E-state index contributed by atoms with van der Waals surface area (Å²) in [7, 11) is 0. The maximum atomic E-state index is 12.1. The Labute approximate surface area is 124 Å². The van der Waals surface area contributed by atoms with Gasteiger partial charge in [-0.3, -0.25) is 4.79 Å².